The Hall–Kier alpha value is -0.820. The number of hydrogen-bond donors (Lipinski definition) is 0. The number of nitrogens with zero attached hydrogens (tertiary/aromatic N) is 1. The molecule has 4 fully saturated rings. The van der Waals surface area contributed by atoms with Crippen molar-refractivity contribution in [3.63, 3.8) is 0 Å². The van der Waals surface area contributed by atoms with Crippen molar-refractivity contribution in [1.29, 1.82) is 0 Å². The first-order valence-electron chi connectivity index (χ1n) is 8.60. The van der Waals surface area contributed by atoms with Crippen molar-refractivity contribution in [3.05, 3.63) is 35.9 Å². The highest BCUT2D eigenvalue weighted by atomic mass is 15.1. The van der Waals surface area contributed by atoms with Gasteiger partial charge in [-0.25, -0.2) is 0 Å². The van der Waals surface area contributed by atoms with Crippen LogP contribution in [0.5, 0.6) is 0 Å². The molecule has 20 heavy (non-hydrogen) atoms. The molecule has 1 heteroatoms. The number of fused-ring (bicyclic) bond motifs is 2. The summed E-state index contributed by atoms with van der Waals surface area (Å²) in [5, 5.41) is 0. The monoisotopic (exact) mass is 269 g/mol. The van der Waals surface area contributed by atoms with Crippen LogP contribution in [-0.2, 0) is 6.54 Å². The lowest BCUT2D eigenvalue weighted by Gasteiger charge is -2.56. The van der Waals surface area contributed by atoms with Crippen LogP contribution in [0, 0.1) is 17.3 Å². The Labute approximate surface area is 123 Å². The van der Waals surface area contributed by atoms with Crippen LogP contribution in [0.2, 0.25) is 0 Å². The molecule has 3 aliphatic carbocycles. The molecule has 0 radical (unpaired) electrons. The fraction of sp³-hybridized carbons (Fsp3) is 0.684. The van der Waals surface area contributed by atoms with E-state index in [0.29, 0.717) is 5.41 Å². The maximum atomic E-state index is 2.75. The second-order valence-electron chi connectivity index (χ2n) is 7.58. The normalized spacial score (nSPS) is 37.4. The summed E-state index contributed by atoms with van der Waals surface area (Å²) in [6.45, 7) is 3.86. The van der Waals surface area contributed by atoms with E-state index in [2.05, 4.69) is 35.2 Å². The van der Waals surface area contributed by atoms with Crippen molar-refractivity contribution in [2.45, 2.75) is 51.5 Å². The van der Waals surface area contributed by atoms with E-state index in [0.717, 1.165) is 11.8 Å². The molecule has 1 aromatic carbocycles. The average molecular weight is 269 g/mol. The van der Waals surface area contributed by atoms with Crippen LogP contribution in [0.4, 0.5) is 0 Å². The number of hydrogen-bond acceptors (Lipinski definition) is 1. The maximum absolute atomic E-state index is 2.75. The quantitative estimate of drug-likeness (QED) is 0.765. The molecule has 108 valence electrons. The van der Waals surface area contributed by atoms with Gasteiger partial charge in [0.25, 0.3) is 0 Å². The van der Waals surface area contributed by atoms with Crippen LogP contribution in [0.1, 0.15) is 50.5 Å². The molecule has 1 atom stereocenters. The Balaban J connectivity index is 1.48. The van der Waals surface area contributed by atoms with Gasteiger partial charge in [-0.15, -0.1) is 0 Å². The Kier molecular flexibility index (Phi) is 3.34. The lowest BCUT2D eigenvalue weighted by atomic mass is 9.53. The predicted octanol–water partition coefficient (Wildman–Crippen LogP) is 4.48. The number of benzene rings is 1. The summed E-state index contributed by atoms with van der Waals surface area (Å²) in [6.07, 6.45) is 10.6. The lowest BCUT2D eigenvalue weighted by molar-refractivity contribution is -0.0558. The van der Waals surface area contributed by atoms with E-state index in [4.69, 9.17) is 0 Å². The molecule has 0 N–H and O–H groups in total. The van der Waals surface area contributed by atoms with E-state index in [9.17, 15) is 0 Å². The zero-order chi connectivity index (χ0) is 13.4. The van der Waals surface area contributed by atoms with Crippen LogP contribution >= 0.6 is 0 Å². The fourth-order valence-corrected chi connectivity index (χ4v) is 5.46. The van der Waals surface area contributed by atoms with Crippen LogP contribution in [-0.4, -0.2) is 18.0 Å². The molecule has 5 rings (SSSR count). The summed E-state index contributed by atoms with van der Waals surface area (Å²) in [4.78, 5) is 2.75. The molecular weight excluding hydrogens is 242 g/mol. The highest BCUT2D eigenvalue weighted by Crippen LogP contribution is 2.56. The van der Waals surface area contributed by atoms with Gasteiger partial charge in [-0.05, 0) is 61.5 Å². The summed E-state index contributed by atoms with van der Waals surface area (Å²) in [5.41, 5.74) is 2.19. The molecule has 4 aliphatic rings. The van der Waals surface area contributed by atoms with Gasteiger partial charge in [-0.2, -0.15) is 0 Å². The largest absolute Gasteiger partial charge is 0.299 e. The van der Waals surface area contributed by atoms with Crippen molar-refractivity contribution in [2.75, 3.05) is 13.1 Å². The third kappa shape index (κ3) is 2.30. The molecule has 1 spiro atoms. The Bertz CT molecular complexity index is 446. The second-order valence-corrected chi connectivity index (χ2v) is 7.58. The summed E-state index contributed by atoms with van der Waals surface area (Å²) in [7, 11) is 0. The van der Waals surface area contributed by atoms with Gasteiger partial charge in [0.2, 0.25) is 0 Å². The third-order valence-electron chi connectivity index (χ3n) is 6.34. The van der Waals surface area contributed by atoms with Crippen molar-refractivity contribution in [2.24, 2.45) is 17.3 Å². The lowest BCUT2D eigenvalue weighted by Crippen LogP contribution is -2.52. The molecule has 1 heterocycles. The minimum absolute atomic E-state index is 0.703. The first kappa shape index (κ1) is 12.9. The summed E-state index contributed by atoms with van der Waals surface area (Å²) in [6, 6.07) is 11.1. The first-order chi connectivity index (χ1) is 9.84. The number of likely N-dealkylation sites (tertiary alicyclic amines) is 1. The van der Waals surface area contributed by atoms with Gasteiger partial charge in [0.1, 0.15) is 0 Å². The topological polar surface area (TPSA) is 3.24 Å². The average Bonchev–Trinajstić information content (AvgIpc) is 2.49. The van der Waals surface area contributed by atoms with E-state index in [1.807, 2.05) is 0 Å². The highest BCUT2D eigenvalue weighted by Gasteiger charge is 2.48. The Morgan fingerprint density at radius 2 is 1.85 bits per heavy atom. The summed E-state index contributed by atoms with van der Waals surface area (Å²) < 4.78 is 0. The zero-order valence-corrected chi connectivity index (χ0v) is 12.6. The van der Waals surface area contributed by atoms with E-state index in [1.54, 1.807) is 6.42 Å². The molecule has 1 aliphatic heterocycles. The molecule has 1 nitrogen and oxygen atoms in total. The molecular formula is C19H27N. The van der Waals surface area contributed by atoms with Gasteiger partial charge in [0.15, 0.2) is 0 Å². The minimum Gasteiger partial charge on any atom is -0.299 e. The number of piperidine rings is 1. The van der Waals surface area contributed by atoms with Gasteiger partial charge in [0.05, 0.1) is 0 Å². The third-order valence-corrected chi connectivity index (χ3v) is 6.34. The van der Waals surface area contributed by atoms with Crippen LogP contribution in [0.25, 0.3) is 0 Å². The second kappa shape index (κ2) is 5.18. The first-order valence-corrected chi connectivity index (χ1v) is 8.60. The van der Waals surface area contributed by atoms with Gasteiger partial charge < -0.3 is 0 Å². The van der Waals surface area contributed by atoms with Crippen molar-refractivity contribution in [1.82, 2.24) is 4.90 Å². The molecule has 1 unspecified atom stereocenters. The Morgan fingerprint density at radius 1 is 1.05 bits per heavy atom. The van der Waals surface area contributed by atoms with E-state index in [1.165, 1.54) is 63.7 Å². The standard InChI is InChI=1S/C19H27N/c1-2-5-17(6-3-1)14-20-12-4-11-19(15-20)13-16-7-9-18(19)10-8-16/h1-3,5-6,16,18H,4,7-15H2. The van der Waals surface area contributed by atoms with E-state index >= 15 is 0 Å². The van der Waals surface area contributed by atoms with Gasteiger partial charge in [-0.1, -0.05) is 43.2 Å². The Morgan fingerprint density at radius 3 is 2.55 bits per heavy atom. The molecule has 1 aromatic rings. The van der Waals surface area contributed by atoms with E-state index < -0.39 is 0 Å². The SMILES string of the molecule is c1ccc(CN2CCCC3(CC4CCC3CC4)C2)cc1. The van der Waals surface area contributed by atoms with Gasteiger partial charge >= 0.3 is 0 Å². The van der Waals surface area contributed by atoms with Crippen molar-refractivity contribution >= 4 is 0 Å². The molecule has 3 saturated carbocycles. The van der Waals surface area contributed by atoms with Crippen molar-refractivity contribution < 1.29 is 0 Å². The molecule has 0 aromatic heterocycles. The predicted molar refractivity (Wildman–Crippen MR) is 83.5 cm³/mol. The van der Waals surface area contributed by atoms with Crippen LogP contribution in [0.15, 0.2) is 30.3 Å². The summed E-state index contributed by atoms with van der Waals surface area (Å²) in [5.74, 6) is 2.11. The molecule has 2 bridgehead atoms. The fourth-order valence-electron chi connectivity index (χ4n) is 5.46. The van der Waals surface area contributed by atoms with E-state index in [-0.39, 0.29) is 0 Å². The molecule has 0 amide bonds. The van der Waals surface area contributed by atoms with Crippen LogP contribution < -0.4 is 0 Å². The minimum atomic E-state index is 0.703. The molecule has 1 saturated heterocycles. The maximum Gasteiger partial charge on any atom is 0.0233 e. The highest BCUT2D eigenvalue weighted by molar-refractivity contribution is 5.15. The smallest absolute Gasteiger partial charge is 0.0233 e. The zero-order valence-electron chi connectivity index (χ0n) is 12.6. The van der Waals surface area contributed by atoms with Crippen LogP contribution in [0.3, 0.4) is 0 Å². The number of rotatable bonds is 2. The summed E-state index contributed by atoms with van der Waals surface area (Å²) >= 11 is 0. The van der Waals surface area contributed by atoms with Gasteiger partial charge in [-0.3, -0.25) is 4.90 Å². The van der Waals surface area contributed by atoms with Gasteiger partial charge in [0, 0.05) is 13.1 Å². The van der Waals surface area contributed by atoms with Crippen molar-refractivity contribution in [3.8, 4) is 0 Å².